The van der Waals surface area contributed by atoms with Crippen LogP contribution in [0.2, 0.25) is 0 Å². The fourth-order valence-electron chi connectivity index (χ4n) is 3.21. The predicted molar refractivity (Wildman–Crippen MR) is 107 cm³/mol. The van der Waals surface area contributed by atoms with Gasteiger partial charge in [-0.2, -0.15) is 0 Å². The topological polar surface area (TPSA) is 82.2 Å². The third-order valence-corrected chi connectivity index (χ3v) is 5.60. The first kappa shape index (κ1) is 18.8. The number of aryl methyl sites for hydroxylation is 1. The molecule has 1 amide bonds. The molecule has 1 saturated heterocycles. The van der Waals surface area contributed by atoms with Crippen molar-refractivity contribution in [3.8, 4) is 17.1 Å². The molecule has 0 radical (unpaired) electrons. The number of hydrogen-bond acceptors (Lipinski definition) is 6. The quantitative estimate of drug-likeness (QED) is 0.642. The third kappa shape index (κ3) is 4.13. The van der Waals surface area contributed by atoms with Gasteiger partial charge < -0.3 is 14.5 Å². The summed E-state index contributed by atoms with van der Waals surface area (Å²) in [5.41, 5.74) is 1.82. The molecule has 1 N–H and O–H groups in total. The molecule has 3 aromatic rings. The summed E-state index contributed by atoms with van der Waals surface area (Å²) in [7, 11) is 0. The summed E-state index contributed by atoms with van der Waals surface area (Å²) in [4.78, 5) is 12.4. The highest BCUT2D eigenvalue weighted by Crippen LogP contribution is 2.30. The molecule has 0 saturated carbocycles. The largest absolute Gasteiger partial charge is 0.469 e. The maximum atomic E-state index is 12.4. The monoisotopic (exact) mass is 398 g/mol. The van der Waals surface area contributed by atoms with Gasteiger partial charge in [-0.3, -0.25) is 9.36 Å². The average Bonchev–Trinajstić information content (AvgIpc) is 3.33. The highest BCUT2D eigenvalue weighted by atomic mass is 32.2. The minimum atomic E-state index is 0.000512. The maximum Gasteiger partial charge on any atom is 0.230 e. The molecule has 1 aliphatic heterocycles. The number of para-hydroxylation sites is 1. The van der Waals surface area contributed by atoms with Crippen LogP contribution in [0.1, 0.15) is 18.6 Å². The van der Waals surface area contributed by atoms with Crippen molar-refractivity contribution in [1.82, 2.24) is 20.1 Å². The summed E-state index contributed by atoms with van der Waals surface area (Å²) in [6.07, 6.45) is 3.36. The average molecular weight is 398 g/mol. The van der Waals surface area contributed by atoms with Gasteiger partial charge in [-0.25, -0.2) is 0 Å². The standard InChI is InChI=1S/C20H22N4O3S/c1-14-17(9-12-27-14)19-22-23-20(24(19)16-5-3-2-4-6-16)28-13-18(25)21-15-7-10-26-11-8-15/h2-6,9,12,15H,7-8,10-11,13H2,1H3,(H,21,25). The number of ether oxygens (including phenoxy) is 1. The lowest BCUT2D eigenvalue weighted by molar-refractivity contribution is -0.119. The van der Waals surface area contributed by atoms with Gasteiger partial charge in [-0.15, -0.1) is 10.2 Å². The Morgan fingerprint density at radius 2 is 2.00 bits per heavy atom. The van der Waals surface area contributed by atoms with Crippen LogP contribution in [0.15, 0.2) is 52.2 Å². The van der Waals surface area contributed by atoms with Crippen LogP contribution in [0, 0.1) is 6.92 Å². The van der Waals surface area contributed by atoms with Gasteiger partial charge in [0.2, 0.25) is 5.91 Å². The molecule has 1 aromatic carbocycles. The van der Waals surface area contributed by atoms with E-state index in [9.17, 15) is 4.79 Å². The number of furan rings is 1. The Balaban J connectivity index is 1.54. The Hall–Kier alpha value is -2.58. The molecule has 3 heterocycles. The first-order chi connectivity index (χ1) is 13.7. The Labute approximate surface area is 167 Å². The molecule has 1 aliphatic rings. The van der Waals surface area contributed by atoms with E-state index < -0.39 is 0 Å². The molecule has 0 unspecified atom stereocenters. The summed E-state index contributed by atoms with van der Waals surface area (Å²) in [6, 6.07) is 12.0. The van der Waals surface area contributed by atoms with Crippen molar-refractivity contribution in [2.75, 3.05) is 19.0 Å². The number of nitrogens with zero attached hydrogens (tertiary/aromatic N) is 3. The van der Waals surface area contributed by atoms with Crippen molar-refractivity contribution in [2.45, 2.75) is 31.0 Å². The molecule has 0 atom stereocenters. The fraction of sp³-hybridized carbons (Fsp3) is 0.350. The zero-order valence-corrected chi connectivity index (χ0v) is 16.4. The smallest absolute Gasteiger partial charge is 0.230 e. The lowest BCUT2D eigenvalue weighted by atomic mass is 10.1. The van der Waals surface area contributed by atoms with Gasteiger partial charge in [0.15, 0.2) is 11.0 Å². The van der Waals surface area contributed by atoms with Gasteiger partial charge in [-0.05, 0) is 38.0 Å². The van der Waals surface area contributed by atoms with Crippen LogP contribution in [0.4, 0.5) is 0 Å². The molecular weight excluding hydrogens is 376 g/mol. The molecule has 0 spiro atoms. The van der Waals surface area contributed by atoms with Gasteiger partial charge in [0.1, 0.15) is 5.76 Å². The van der Waals surface area contributed by atoms with Crippen molar-refractivity contribution >= 4 is 17.7 Å². The zero-order valence-electron chi connectivity index (χ0n) is 15.6. The van der Waals surface area contributed by atoms with E-state index >= 15 is 0 Å². The molecule has 2 aromatic heterocycles. The van der Waals surface area contributed by atoms with Crippen LogP contribution in [0.3, 0.4) is 0 Å². The van der Waals surface area contributed by atoms with E-state index in [1.165, 1.54) is 11.8 Å². The van der Waals surface area contributed by atoms with Gasteiger partial charge >= 0.3 is 0 Å². The molecule has 28 heavy (non-hydrogen) atoms. The molecule has 4 rings (SSSR count). The van der Waals surface area contributed by atoms with Crippen LogP contribution in [0.5, 0.6) is 0 Å². The Kier molecular flexibility index (Phi) is 5.78. The number of carbonyl (C=O) groups is 1. The molecule has 1 fully saturated rings. The van der Waals surface area contributed by atoms with E-state index in [0.717, 1.165) is 29.9 Å². The number of nitrogens with one attached hydrogen (secondary N) is 1. The van der Waals surface area contributed by atoms with Crippen LogP contribution < -0.4 is 5.32 Å². The van der Waals surface area contributed by atoms with E-state index in [0.29, 0.717) is 24.2 Å². The molecule has 7 nitrogen and oxygen atoms in total. The summed E-state index contributed by atoms with van der Waals surface area (Å²) >= 11 is 1.38. The van der Waals surface area contributed by atoms with Crippen molar-refractivity contribution in [3.63, 3.8) is 0 Å². The van der Waals surface area contributed by atoms with E-state index in [1.807, 2.05) is 47.9 Å². The van der Waals surface area contributed by atoms with Crippen LogP contribution >= 0.6 is 11.8 Å². The Bertz CT molecular complexity index is 932. The maximum absolute atomic E-state index is 12.4. The number of amides is 1. The van der Waals surface area contributed by atoms with Crippen molar-refractivity contribution < 1.29 is 13.9 Å². The van der Waals surface area contributed by atoms with Crippen LogP contribution in [-0.2, 0) is 9.53 Å². The van der Waals surface area contributed by atoms with E-state index in [1.54, 1.807) is 6.26 Å². The lowest BCUT2D eigenvalue weighted by Gasteiger charge is -2.22. The summed E-state index contributed by atoms with van der Waals surface area (Å²) < 4.78 is 12.7. The van der Waals surface area contributed by atoms with Gasteiger partial charge in [0, 0.05) is 24.9 Å². The zero-order chi connectivity index (χ0) is 19.3. The third-order valence-electron chi connectivity index (χ3n) is 4.67. The second-order valence-electron chi connectivity index (χ2n) is 6.61. The minimum Gasteiger partial charge on any atom is -0.469 e. The SMILES string of the molecule is Cc1occc1-c1nnc(SCC(=O)NC2CCOCC2)n1-c1ccccc1. The Morgan fingerprint density at radius 1 is 1.21 bits per heavy atom. The second kappa shape index (κ2) is 8.62. The van der Waals surface area contributed by atoms with Crippen molar-refractivity contribution in [3.05, 3.63) is 48.4 Å². The predicted octanol–water partition coefficient (Wildman–Crippen LogP) is 3.22. The summed E-state index contributed by atoms with van der Waals surface area (Å²) in [6.45, 7) is 3.30. The number of aromatic nitrogens is 3. The van der Waals surface area contributed by atoms with Crippen LogP contribution in [0.25, 0.3) is 17.1 Å². The fourth-order valence-corrected chi connectivity index (χ4v) is 3.97. The summed E-state index contributed by atoms with van der Waals surface area (Å²) in [5.74, 6) is 1.76. The molecule has 146 valence electrons. The number of thioether (sulfide) groups is 1. The van der Waals surface area contributed by atoms with E-state index in [4.69, 9.17) is 9.15 Å². The summed E-state index contributed by atoms with van der Waals surface area (Å²) in [5, 5.41) is 12.5. The van der Waals surface area contributed by atoms with Gasteiger partial charge in [-0.1, -0.05) is 30.0 Å². The Morgan fingerprint density at radius 3 is 2.71 bits per heavy atom. The minimum absolute atomic E-state index is 0.000512. The number of rotatable bonds is 6. The molecule has 0 aliphatic carbocycles. The van der Waals surface area contributed by atoms with Crippen molar-refractivity contribution in [2.24, 2.45) is 0 Å². The highest BCUT2D eigenvalue weighted by molar-refractivity contribution is 7.99. The van der Waals surface area contributed by atoms with Crippen LogP contribution in [-0.4, -0.2) is 45.7 Å². The first-order valence-corrected chi connectivity index (χ1v) is 10.3. The number of hydrogen-bond donors (Lipinski definition) is 1. The molecule has 0 bridgehead atoms. The second-order valence-corrected chi connectivity index (χ2v) is 7.55. The number of benzene rings is 1. The van der Waals surface area contributed by atoms with Crippen molar-refractivity contribution in [1.29, 1.82) is 0 Å². The highest BCUT2D eigenvalue weighted by Gasteiger charge is 2.21. The lowest BCUT2D eigenvalue weighted by Crippen LogP contribution is -2.39. The van der Waals surface area contributed by atoms with Gasteiger partial charge in [0.05, 0.1) is 17.6 Å². The van der Waals surface area contributed by atoms with E-state index in [2.05, 4.69) is 15.5 Å². The molecular formula is C20H22N4O3S. The normalized spacial score (nSPS) is 14.9. The molecule has 8 heteroatoms. The van der Waals surface area contributed by atoms with E-state index in [-0.39, 0.29) is 17.7 Å². The first-order valence-electron chi connectivity index (χ1n) is 9.27. The number of carbonyl (C=O) groups excluding carboxylic acids is 1. The van der Waals surface area contributed by atoms with Gasteiger partial charge in [0.25, 0.3) is 0 Å².